The van der Waals surface area contributed by atoms with E-state index in [0.717, 1.165) is 12.2 Å². The Balaban J connectivity index is 2.83. The number of hydrogen-bond donors (Lipinski definition) is 0. The van der Waals surface area contributed by atoms with E-state index in [2.05, 4.69) is 0 Å². The lowest BCUT2D eigenvalue weighted by Crippen LogP contribution is -2.00. The third-order valence-corrected chi connectivity index (χ3v) is 1.50. The predicted octanol–water partition coefficient (Wildman–Crippen LogP) is 1.30. The van der Waals surface area contributed by atoms with Crippen molar-refractivity contribution in [3.05, 3.63) is 0 Å². The second-order valence-corrected chi connectivity index (χ2v) is 2.67. The highest BCUT2D eigenvalue weighted by Gasteiger charge is 1.90. The van der Waals surface area contributed by atoms with Crippen molar-refractivity contribution in [2.45, 2.75) is 13.3 Å². The van der Waals surface area contributed by atoms with Gasteiger partial charge in [-0.3, -0.25) is 4.79 Å². The Morgan fingerprint density at radius 2 is 2.33 bits per heavy atom. The van der Waals surface area contributed by atoms with E-state index >= 15 is 0 Å². The van der Waals surface area contributed by atoms with Gasteiger partial charge in [-0.25, -0.2) is 0 Å². The fourth-order valence-corrected chi connectivity index (χ4v) is 0.826. The lowest BCUT2D eigenvalue weighted by atomic mass is 10.5. The molecule has 9 heavy (non-hydrogen) atoms. The van der Waals surface area contributed by atoms with Crippen LogP contribution in [-0.2, 0) is 9.53 Å². The van der Waals surface area contributed by atoms with Crippen molar-refractivity contribution in [1.82, 2.24) is 0 Å². The molecule has 0 aromatic rings. The van der Waals surface area contributed by atoms with Crippen molar-refractivity contribution in [1.29, 1.82) is 0 Å². The molecule has 0 atom stereocenters. The fraction of sp³-hybridized carbons (Fsp3) is 0.833. The molecule has 2 nitrogen and oxygen atoms in total. The third kappa shape index (κ3) is 7.82. The maximum atomic E-state index is 10.2. The Bertz CT molecular complexity index is 83.1. The van der Waals surface area contributed by atoms with Crippen LogP contribution in [0.15, 0.2) is 0 Å². The van der Waals surface area contributed by atoms with Crippen LogP contribution in [0.3, 0.4) is 0 Å². The average molecular weight is 148 g/mol. The molecule has 0 saturated carbocycles. The van der Waals surface area contributed by atoms with E-state index in [1.165, 1.54) is 6.92 Å². The number of thioether (sulfide) groups is 1. The molecule has 0 aliphatic rings. The summed E-state index contributed by atoms with van der Waals surface area (Å²) >= 11 is 1.76. The lowest BCUT2D eigenvalue weighted by Gasteiger charge is -1.98. The standard InChI is InChI=1S/C6H12O2S/c1-6(7)8-4-3-5-9-2/h3-5H2,1-2H3. The molecule has 0 aromatic heterocycles. The molecular formula is C6H12O2S. The number of esters is 1. The molecule has 54 valence electrons. The lowest BCUT2D eigenvalue weighted by molar-refractivity contribution is -0.140. The summed E-state index contributed by atoms with van der Waals surface area (Å²) in [6, 6.07) is 0. The molecule has 0 heterocycles. The summed E-state index contributed by atoms with van der Waals surface area (Å²) in [7, 11) is 0. The topological polar surface area (TPSA) is 26.3 Å². The highest BCUT2D eigenvalue weighted by molar-refractivity contribution is 7.98. The molecule has 0 fully saturated rings. The molecule has 0 aliphatic heterocycles. The molecule has 0 rings (SSSR count). The van der Waals surface area contributed by atoms with Crippen molar-refractivity contribution in [3.63, 3.8) is 0 Å². The Kier molecular flexibility index (Phi) is 5.83. The number of carbonyl (C=O) groups excluding carboxylic acids is 1. The van der Waals surface area contributed by atoms with Crippen LogP contribution >= 0.6 is 11.8 Å². The van der Waals surface area contributed by atoms with Gasteiger partial charge in [0.25, 0.3) is 0 Å². The molecule has 3 heteroatoms. The largest absolute Gasteiger partial charge is 0.466 e. The van der Waals surface area contributed by atoms with Crippen molar-refractivity contribution >= 4 is 17.7 Å². The quantitative estimate of drug-likeness (QED) is 0.444. The Labute approximate surface area is 60.0 Å². The van der Waals surface area contributed by atoms with Gasteiger partial charge in [-0.2, -0.15) is 11.8 Å². The van der Waals surface area contributed by atoms with Crippen LogP contribution < -0.4 is 0 Å². The van der Waals surface area contributed by atoms with E-state index in [1.54, 1.807) is 11.8 Å². The van der Waals surface area contributed by atoms with E-state index in [0.29, 0.717) is 6.61 Å². The second kappa shape index (κ2) is 5.95. The molecule has 0 bridgehead atoms. The minimum Gasteiger partial charge on any atom is -0.466 e. The van der Waals surface area contributed by atoms with Crippen LogP contribution in [0.4, 0.5) is 0 Å². The molecule has 0 amide bonds. The highest BCUT2D eigenvalue weighted by atomic mass is 32.2. The van der Waals surface area contributed by atoms with Gasteiger partial charge < -0.3 is 4.74 Å². The summed E-state index contributed by atoms with van der Waals surface area (Å²) in [5.74, 6) is 0.879. The Morgan fingerprint density at radius 1 is 1.67 bits per heavy atom. The molecule has 0 spiro atoms. The van der Waals surface area contributed by atoms with Crippen LogP contribution in [0.1, 0.15) is 13.3 Å². The zero-order valence-corrected chi connectivity index (χ0v) is 6.66. The first kappa shape index (κ1) is 8.82. The smallest absolute Gasteiger partial charge is 0.302 e. The third-order valence-electron chi connectivity index (χ3n) is 0.798. The second-order valence-electron chi connectivity index (χ2n) is 1.69. The summed E-state index contributed by atoms with van der Waals surface area (Å²) in [6.07, 6.45) is 2.99. The molecule has 0 aromatic carbocycles. The number of carbonyl (C=O) groups is 1. The Morgan fingerprint density at radius 3 is 2.78 bits per heavy atom. The monoisotopic (exact) mass is 148 g/mol. The van der Waals surface area contributed by atoms with E-state index in [-0.39, 0.29) is 5.97 Å². The summed E-state index contributed by atoms with van der Waals surface area (Å²) < 4.78 is 4.69. The van der Waals surface area contributed by atoms with Crippen LogP contribution in [0.5, 0.6) is 0 Å². The van der Waals surface area contributed by atoms with E-state index < -0.39 is 0 Å². The normalized spacial score (nSPS) is 9.11. The summed E-state index contributed by atoms with van der Waals surface area (Å²) in [4.78, 5) is 10.2. The van der Waals surface area contributed by atoms with Gasteiger partial charge in [0.15, 0.2) is 0 Å². The molecule has 0 saturated heterocycles. The van der Waals surface area contributed by atoms with E-state index in [9.17, 15) is 4.79 Å². The summed E-state index contributed by atoms with van der Waals surface area (Å²) in [5, 5.41) is 0. The minimum atomic E-state index is -0.184. The number of ether oxygens (including phenoxy) is 1. The average Bonchev–Trinajstić information content (AvgIpc) is 1.80. The van der Waals surface area contributed by atoms with Crippen molar-refractivity contribution < 1.29 is 9.53 Å². The van der Waals surface area contributed by atoms with Gasteiger partial charge in [-0.15, -0.1) is 0 Å². The predicted molar refractivity (Wildman–Crippen MR) is 39.6 cm³/mol. The summed E-state index contributed by atoms with van der Waals surface area (Å²) in [5.41, 5.74) is 0. The maximum absolute atomic E-state index is 10.2. The van der Waals surface area contributed by atoms with Crippen LogP contribution in [0.25, 0.3) is 0 Å². The van der Waals surface area contributed by atoms with Gasteiger partial charge in [-0.1, -0.05) is 0 Å². The van der Waals surface area contributed by atoms with Crippen molar-refractivity contribution in [2.75, 3.05) is 18.6 Å². The maximum Gasteiger partial charge on any atom is 0.302 e. The summed E-state index contributed by atoms with van der Waals surface area (Å²) in [6.45, 7) is 2.00. The number of hydrogen-bond acceptors (Lipinski definition) is 3. The highest BCUT2D eigenvalue weighted by Crippen LogP contribution is 1.94. The van der Waals surface area contributed by atoms with E-state index in [1.807, 2.05) is 6.26 Å². The van der Waals surface area contributed by atoms with Gasteiger partial charge in [-0.05, 0) is 18.4 Å². The van der Waals surface area contributed by atoms with Crippen LogP contribution in [-0.4, -0.2) is 24.6 Å². The van der Waals surface area contributed by atoms with E-state index in [4.69, 9.17) is 4.74 Å². The van der Waals surface area contributed by atoms with Gasteiger partial charge in [0, 0.05) is 6.92 Å². The molecule has 0 aliphatic carbocycles. The van der Waals surface area contributed by atoms with Crippen LogP contribution in [0, 0.1) is 0 Å². The van der Waals surface area contributed by atoms with Gasteiger partial charge in [0.05, 0.1) is 6.61 Å². The van der Waals surface area contributed by atoms with Crippen molar-refractivity contribution in [2.24, 2.45) is 0 Å². The minimum absolute atomic E-state index is 0.184. The van der Waals surface area contributed by atoms with Gasteiger partial charge in [0.1, 0.15) is 0 Å². The van der Waals surface area contributed by atoms with Gasteiger partial charge >= 0.3 is 5.97 Å². The first-order valence-electron chi connectivity index (χ1n) is 2.89. The Hall–Kier alpha value is -0.180. The zero-order valence-electron chi connectivity index (χ0n) is 5.85. The SMILES string of the molecule is CSCCCOC(C)=O. The molecule has 0 N–H and O–H groups in total. The first-order chi connectivity index (χ1) is 4.27. The van der Waals surface area contributed by atoms with Gasteiger partial charge in [0.2, 0.25) is 0 Å². The fourth-order valence-electron chi connectivity index (χ4n) is 0.419. The zero-order chi connectivity index (χ0) is 7.11. The molecule has 0 unspecified atom stereocenters. The molecular weight excluding hydrogens is 136 g/mol. The van der Waals surface area contributed by atoms with Crippen LogP contribution in [0.2, 0.25) is 0 Å². The molecule has 0 radical (unpaired) electrons. The number of rotatable bonds is 4. The first-order valence-corrected chi connectivity index (χ1v) is 4.29. The van der Waals surface area contributed by atoms with Crippen molar-refractivity contribution in [3.8, 4) is 0 Å².